The fourth-order valence-corrected chi connectivity index (χ4v) is 5.11. The molecule has 192 valence electrons. The van der Waals surface area contributed by atoms with Crippen molar-refractivity contribution in [2.45, 2.75) is 26.8 Å². The molecule has 3 aromatic rings. The number of fused-ring (bicyclic) bond motifs is 1. The number of thiazole rings is 1. The lowest BCUT2D eigenvalue weighted by Crippen LogP contribution is -2.39. The number of carbonyl (C=O) groups is 2. The summed E-state index contributed by atoms with van der Waals surface area (Å²) in [6.07, 6.45) is 1.71. The Kier molecular flexibility index (Phi) is 7.58. The number of ether oxygens (including phenoxy) is 4. The van der Waals surface area contributed by atoms with Crippen LogP contribution in [-0.4, -0.2) is 37.3 Å². The number of rotatable bonds is 7. The van der Waals surface area contributed by atoms with Gasteiger partial charge in [0.2, 0.25) is 0 Å². The van der Waals surface area contributed by atoms with E-state index < -0.39 is 18.0 Å². The minimum Gasteiger partial charge on any atom is -0.497 e. The highest BCUT2D eigenvalue weighted by Gasteiger charge is 2.33. The summed E-state index contributed by atoms with van der Waals surface area (Å²) < 4.78 is 23.1. The van der Waals surface area contributed by atoms with Crippen LogP contribution in [0.3, 0.4) is 0 Å². The first-order chi connectivity index (χ1) is 17.8. The molecule has 0 saturated heterocycles. The molecule has 0 saturated carbocycles. The van der Waals surface area contributed by atoms with E-state index in [4.69, 9.17) is 18.9 Å². The lowest BCUT2D eigenvalue weighted by molar-refractivity contribution is -0.136. The zero-order valence-corrected chi connectivity index (χ0v) is 21.9. The zero-order valence-electron chi connectivity index (χ0n) is 21.1. The second kappa shape index (κ2) is 10.8. The third-order valence-electron chi connectivity index (χ3n) is 5.68. The van der Waals surface area contributed by atoms with Crippen LogP contribution in [0.1, 0.15) is 37.9 Å². The number of nitrogens with zero attached hydrogens (tertiary/aromatic N) is 2. The van der Waals surface area contributed by atoms with E-state index in [1.165, 1.54) is 29.9 Å². The summed E-state index contributed by atoms with van der Waals surface area (Å²) in [5.41, 5.74) is 1.85. The molecule has 1 aromatic heterocycles. The van der Waals surface area contributed by atoms with Crippen LogP contribution >= 0.6 is 11.3 Å². The van der Waals surface area contributed by atoms with Gasteiger partial charge < -0.3 is 18.9 Å². The molecule has 0 amide bonds. The summed E-state index contributed by atoms with van der Waals surface area (Å²) in [6, 6.07) is 11.5. The van der Waals surface area contributed by atoms with Crippen molar-refractivity contribution >= 4 is 29.4 Å². The van der Waals surface area contributed by atoms with Crippen molar-refractivity contribution in [2.75, 3.05) is 20.8 Å². The molecule has 1 atom stereocenters. The molecule has 0 bridgehead atoms. The standard InChI is InChI=1S/C27H26N2O7S/c1-6-35-21-13-17(7-12-20(21)36-16(3)30)14-22-25(31)29-24(18-8-10-19(33-4)11-9-18)23(26(32)34-5)15(2)28-27(29)37-22/h7-14,24H,6H2,1-5H3/b22-14+. The van der Waals surface area contributed by atoms with Gasteiger partial charge in [-0.2, -0.15) is 0 Å². The smallest absolute Gasteiger partial charge is 0.338 e. The number of esters is 2. The average Bonchev–Trinajstić information content (AvgIpc) is 3.18. The van der Waals surface area contributed by atoms with Crippen LogP contribution in [0, 0.1) is 0 Å². The van der Waals surface area contributed by atoms with Gasteiger partial charge in [-0.15, -0.1) is 0 Å². The molecular formula is C27H26N2O7S. The first-order valence-electron chi connectivity index (χ1n) is 11.5. The Labute approximate surface area is 216 Å². The van der Waals surface area contributed by atoms with Crippen molar-refractivity contribution in [1.29, 1.82) is 0 Å². The Morgan fingerprint density at radius 2 is 1.84 bits per heavy atom. The molecule has 0 aliphatic carbocycles. The SMILES string of the molecule is CCOc1cc(/C=c2/sc3n(c2=O)C(c2ccc(OC)cc2)C(C(=O)OC)=C(C)N=3)ccc1OC(C)=O. The highest BCUT2D eigenvalue weighted by Crippen LogP contribution is 2.32. The Balaban J connectivity index is 1.88. The van der Waals surface area contributed by atoms with E-state index >= 15 is 0 Å². The second-order valence-corrected chi connectivity index (χ2v) is 9.09. The predicted octanol–water partition coefficient (Wildman–Crippen LogP) is 2.74. The molecule has 0 radical (unpaired) electrons. The van der Waals surface area contributed by atoms with Crippen molar-refractivity contribution in [3.8, 4) is 17.2 Å². The fourth-order valence-electron chi connectivity index (χ4n) is 4.07. The molecule has 1 unspecified atom stereocenters. The van der Waals surface area contributed by atoms with Crippen molar-refractivity contribution in [1.82, 2.24) is 4.57 Å². The molecule has 0 fully saturated rings. The Hall–Kier alpha value is -4.18. The Morgan fingerprint density at radius 1 is 1.11 bits per heavy atom. The number of carbonyl (C=O) groups excluding carboxylic acids is 2. The summed E-state index contributed by atoms with van der Waals surface area (Å²) in [5.74, 6) is 0.319. The monoisotopic (exact) mass is 522 g/mol. The topological polar surface area (TPSA) is 105 Å². The summed E-state index contributed by atoms with van der Waals surface area (Å²) >= 11 is 1.21. The van der Waals surface area contributed by atoms with E-state index in [1.54, 1.807) is 50.4 Å². The van der Waals surface area contributed by atoms with Gasteiger partial charge in [-0.3, -0.25) is 14.2 Å². The number of benzene rings is 2. The van der Waals surface area contributed by atoms with Crippen molar-refractivity contribution < 1.29 is 28.5 Å². The van der Waals surface area contributed by atoms with Crippen molar-refractivity contribution in [2.24, 2.45) is 4.99 Å². The molecule has 1 aliphatic rings. The van der Waals surface area contributed by atoms with Crippen LogP contribution in [0.15, 0.2) is 63.5 Å². The van der Waals surface area contributed by atoms with Crippen LogP contribution in [0.4, 0.5) is 0 Å². The van der Waals surface area contributed by atoms with Gasteiger partial charge in [0.05, 0.1) is 42.7 Å². The van der Waals surface area contributed by atoms with E-state index in [9.17, 15) is 14.4 Å². The van der Waals surface area contributed by atoms with E-state index in [0.29, 0.717) is 50.0 Å². The lowest BCUT2D eigenvalue weighted by atomic mass is 9.96. The summed E-state index contributed by atoms with van der Waals surface area (Å²) in [6.45, 7) is 5.23. The van der Waals surface area contributed by atoms with Gasteiger partial charge in [0.1, 0.15) is 5.75 Å². The van der Waals surface area contributed by atoms with E-state index in [1.807, 2.05) is 19.1 Å². The van der Waals surface area contributed by atoms with Crippen LogP contribution < -0.4 is 29.1 Å². The van der Waals surface area contributed by atoms with Gasteiger partial charge in [-0.05, 0) is 55.3 Å². The molecule has 0 spiro atoms. The average molecular weight is 523 g/mol. The highest BCUT2D eigenvalue weighted by atomic mass is 32.1. The third-order valence-corrected chi connectivity index (χ3v) is 6.66. The van der Waals surface area contributed by atoms with E-state index in [0.717, 1.165) is 0 Å². The third kappa shape index (κ3) is 5.19. The first-order valence-corrected chi connectivity index (χ1v) is 12.3. The Bertz CT molecular complexity index is 1570. The van der Waals surface area contributed by atoms with Gasteiger partial charge in [0.25, 0.3) is 5.56 Å². The number of hydrogen-bond acceptors (Lipinski definition) is 9. The van der Waals surface area contributed by atoms with Crippen LogP contribution in [0.5, 0.6) is 17.2 Å². The van der Waals surface area contributed by atoms with E-state index in [2.05, 4.69) is 4.99 Å². The van der Waals surface area contributed by atoms with Crippen LogP contribution in [0.25, 0.3) is 6.08 Å². The maximum atomic E-state index is 13.7. The van der Waals surface area contributed by atoms with Gasteiger partial charge in [0, 0.05) is 6.92 Å². The zero-order chi connectivity index (χ0) is 26.7. The highest BCUT2D eigenvalue weighted by molar-refractivity contribution is 7.07. The first kappa shape index (κ1) is 25.9. The molecule has 2 heterocycles. The van der Waals surface area contributed by atoms with Gasteiger partial charge in [-0.25, -0.2) is 9.79 Å². The molecule has 10 heteroatoms. The van der Waals surface area contributed by atoms with Gasteiger partial charge >= 0.3 is 11.9 Å². The Morgan fingerprint density at radius 3 is 2.46 bits per heavy atom. The molecule has 1 aliphatic heterocycles. The number of allylic oxidation sites excluding steroid dienone is 1. The largest absolute Gasteiger partial charge is 0.497 e. The van der Waals surface area contributed by atoms with Gasteiger partial charge in [-0.1, -0.05) is 29.5 Å². The second-order valence-electron chi connectivity index (χ2n) is 8.08. The number of hydrogen-bond donors (Lipinski definition) is 0. The van der Waals surface area contributed by atoms with Crippen molar-refractivity contribution in [3.05, 3.63) is 84.5 Å². The van der Waals surface area contributed by atoms with Crippen LogP contribution in [-0.2, 0) is 14.3 Å². The molecule has 2 aromatic carbocycles. The molecular weight excluding hydrogens is 496 g/mol. The molecule has 0 N–H and O–H groups in total. The van der Waals surface area contributed by atoms with E-state index in [-0.39, 0.29) is 11.1 Å². The molecule has 9 nitrogen and oxygen atoms in total. The molecule has 4 rings (SSSR count). The van der Waals surface area contributed by atoms with Gasteiger partial charge in [0.15, 0.2) is 16.3 Å². The predicted molar refractivity (Wildman–Crippen MR) is 138 cm³/mol. The number of aromatic nitrogens is 1. The van der Waals surface area contributed by atoms with Crippen molar-refractivity contribution in [3.63, 3.8) is 0 Å². The quantitative estimate of drug-likeness (QED) is 0.347. The molecule has 37 heavy (non-hydrogen) atoms. The minimum atomic E-state index is -0.720. The maximum Gasteiger partial charge on any atom is 0.338 e. The fraction of sp³-hybridized carbons (Fsp3) is 0.259. The summed E-state index contributed by atoms with van der Waals surface area (Å²) in [7, 11) is 2.87. The minimum absolute atomic E-state index is 0.288. The summed E-state index contributed by atoms with van der Waals surface area (Å²) in [4.78, 5) is 42.9. The normalized spacial score (nSPS) is 15.1. The summed E-state index contributed by atoms with van der Waals surface area (Å²) in [5, 5.41) is 0. The van der Waals surface area contributed by atoms with Crippen LogP contribution in [0.2, 0.25) is 0 Å². The lowest BCUT2D eigenvalue weighted by Gasteiger charge is -2.24. The maximum absolute atomic E-state index is 13.7. The number of methoxy groups -OCH3 is 2.